The molecule has 1 rings (SSSR count). The fourth-order valence-corrected chi connectivity index (χ4v) is 1.59. The van der Waals surface area contributed by atoms with Crippen LogP contribution in [0.3, 0.4) is 0 Å². The van der Waals surface area contributed by atoms with Crippen molar-refractivity contribution in [3.63, 3.8) is 0 Å². The van der Waals surface area contributed by atoms with Gasteiger partial charge in [0.05, 0.1) is 0 Å². The first-order valence-corrected chi connectivity index (χ1v) is 7.11. The molecular formula is C15H23N3O3. The van der Waals surface area contributed by atoms with Crippen LogP contribution in [0, 0.1) is 0 Å². The maximum atomic E-state index is 11.5. The van der Waals surface area contributed by atoms with E-state index in [1.165, 1.54) is 0 Å². The highest BCUT2D eigenvalue weighted by molar-refractivity contribution is 5.79. The molecule has 0 aliphatic rings. The van der Waals surface area contributed by atoms with Crippen molar-refractivity contribution in [3.05, 3.63) is 29.8 Å². The van der Waals surface area contributed by atoms with Crippen LogP contribution in [-0.2, 0) is 16.1 Å². The van der Waals surface area contributed by atoms with Crippen molar-refractivity contribution in [2.45, 2.75) is 26.3 Å². The van der Waals surface area contributed by atoms with E-state index in [1.54, 1.807) is 12.1 Å². The van der Waals surface area contributed by atoms with E-state index in [0.29, 0.717) is 25.4 Å². The molecule has 0 radical (unpaired) electrons. The number of ether oxygens (including phenoxy) is 1. The van der Waals surface area contributed by atoms with E-state index in [0.717, 1.165) is 12.0 Å². The van der Waals surface area contributed by atoms with Gasteiger partial charge in [0.15, 0.2) is 6.61 Å². The molecule has 0 spiro atoms. The molecule has 0 atom stereocenters. The third-order valence-corrected chi connectivity index (χ3v) is 2.78. The highest BCUT2D eigenvalue weighted by Crippen LogP contribution is 2.11. The van der Waals surface area contributed by atoms with Crippen LogP contribution in [0.15, 0.2) is 24.3 Å². The van der Waals surface area contributed by atoms with Crippen molar-refractivity contribution in [2.75, 3.05) is 19.7 Å². The maximum Gasteiger partial charge on any atom is 0.257 e. The fraction of sp³-hybridized carbons (Fsp3) is 0.467. The Hall–Kier alpha value is -2.08. The van der Waals surface area contributed by atoms with Crippen LogP contribution in [0.2, 0.25) is 0 Å². The number of nitrogens with one attached hydrogen (secondary N) is 2. The second-order valence-electron chi connectivity index (χ2n) is 4.59. The monoisotopic (exact) mass is 293 g/mol. The minimum atomic E-state index is -0.249. The van der Waals surface area contributed by atoms with Crippen molar-refractivity contribution >= 4 is 11.8 Å². The van der Waals surface area contributed by atoms with Crippen LogP contribution < -0.4 is 21.1 Å². The maximum absolute atomic E-state index is 11.5. The Bertz CT molecular complexity index is 446. The lowest BCUT2D eigenvalue weighted by atomic mass is 10.2. The molecule has 0 saturated carbocycles. The lowest BCUT2D eigenvalue weighted by Gasteiger charge is -2.08. The highest BCUT2D eigenvalue weighted by atomic mass is 16.5. The van der Waals surface area contributed by atoms with E-state index in [-0.39, 0.29) is 24.8 Å². The number of benzene rings is 1. The number of hydrogen-bond donors (Lipinski definition) is 3. The van der Waals surface area contributed by atoms with E-state index >= 15 is 0 Å². The van der Waals surface area contributed by atoms with E-state index in [2.05, 4.69) is 10.6 Å². The second-order valence-corrected chi connectivity index (χ2v) is 4.59. The molecule has 0 aliphatic carbocycles. The molecule has 0 unspecified atom stereocenters. The minimum absolute atomic E-state index is 0.0598. The quantitative estimate of drug-likeness (QED) is 0.620. The lowest BCUT2D eigenvalue weighted by molar-refractivity contribution is -0.123. The first-order chi connectivity index (χ1) is 10.2. The zero-order valence-electron chi connectivity index (χ0n) is 12.4. The van der Waals surface area contributed by atoms with E-state index in [1.807, 2.05) is 19.1 Å². The van der Waals surface area contributed by atoms with Gasteiger partial charge >= 0.3 is 0 Å². The first-order valence-electron chi connectivity index (χ1n) is 7.11. The summed E-state index contributed by atoms with van der Waals surface area (Å²) in [6, 6.07) is 7.25. The number of amides is 2. The standard InChI is InChI=1S/C15H23N3O3/c1-2-8-17-14(19)7-9-18-15(20)11-21-13-5-3-12(10-16)4-6-13/h3-6H,2,7-11,16H2,1H3,(H,17,19)(H,18,20). The molecule has 2 amide bonds. The van der Waals surface area contributed by atoms with Crippen molar-refractivity contribution in [2.24, 2.45) is 5.73 Å². The number of nitrogens with two attached hydrogens (primary N) is 1. The molecule has 116 valence electrons. The van der Waals surface area contributed by atoms with Crippen LogP contribution in [0.25, 0.3) is 0 Å². The molecule has 0 aromatic heterocycles. The predicted molar refractivity (Wildman–Crippen MR) is 80.8 cm³/mol. The van der Waals surface area contributed by atoms with Crippen LogP contribution in [0.1, 0.15) is 25.3 Å². The van der Waals surface area contributed by atoms with Gasteiger partial charge in [-0.2, -0.15) is 0 Å². The summed E-state index contributed by atoms with van der Waals surface area (Å²) in [6.07, 6.45) is 1.17. The second kappa shape index (κ2) is 9.77. The smallest absolute Gasteiger partial charge is 0.257 e. The van der Waals surface area contributed by atoms with Gasteiger partial charge in [-0.15, -0.1) is 0 Å². The Labute approximate surface area is 125 Å². The van der Waals surface area contributed by atoms with E-state index < -0.39 is 0 Å². The molecule has 0 aliphatic heterocycles. The van der Waals surface area contributed by atoms with Gasteiger partial charge in [0.25, 0.3) is 5.91 Å². The summed E-state index contributed by atoms with van der Waals surface area (Å²) in [5.41, 5.74) is 6.50. The molecule has 1 aromatic carbocycles. The third kappa shape index (κ3) is 7.31. The Kier molecular flexibility index (Phi) is 7.89. The van der Waals surface area contributed by atoms with Gasteiger partial charge in [-0.05, 0) is 24.1 Å². The van der Waals surface area contributed by atoms with Gasteiger partial charge in [-0.3, -0.25) is 9.59 Å². The zero-order chi connectivity index (χ0) is 15.5. The summed E-state index contributed by atoms with van der Waals surface area (Å²) >= 11 is 0. The van der Waals surface area contributed by atoms with Crippen molar-refractivity contribution in [1.82, 2.24) is 10.6 Å². The highest BCUT2D eigenvalue weighted by Gasteiger charge is 2.04. The molecule has 1 aromatic rings. The Morgan fingerprint density at radius 2 is 1.76 bits per heavy atom. The molecule has 0 fully saturated rings. The first kappa shape index (κ1) is 17.0. The van der Waals surface area contributed by atoms with Crippen LogP contribution in [-0.4, -0.2) is 31.5 Å². The number of hydrogen-bond acceptors (Lipinski definition) is 4. The molecule has 21 heavy (non-hydrogen) atoms. The van der Waals surface area contributed by atoms with E-state index in [9.17, 15) is 9.59 Å². The number of carbonyl (C=O) groups excluding carboxylic acids is 2. The fourth-order valence-electron chi connectivity index (χ4n) is 1.59. The average molecular weight is 293 g/mol. The average Bonchev–Trinajstić information content (AvgIpc) is 2.51. The predicted octanol–water partition coefficient (Wildman–Crippen LogP) is 0.557. The molecule has 0 heterocycles. The van der Waals surface area contributed by atoms with Gasteiger partial charge in [0.2, 0.25) is 5.91 Å². The summed E-state index contributed by atoms with van der Waals surface area (Å²) in [7, 11) is 0. The molecule has 4 N–H and O–H groups in total. The van der Waals surface area contributed by atoms with Gasteiger partial charge in [-0.25, -0.2) is 0 Å². The lowest BCUT2D eigenvalue weighted by Crippen LogP contribution is -2.33. The van der Waals surface area contributed by atoms with Gasteiger partial charge in [0.1, 0.15) is 5.75 Å². The Morgan fingerprint density at radius 1 is 1.10 bits per heavy atom. The van der Waals surface area contributed by atoms with Crippen LogP contribution in [0.4, 0.5) is 0 Å². The minimum Gasteiger partial charge on any atom is -0.484 e. The van der Waals surface area contributed by atoms with Crippen LogP contribution >= 0.6 is 0 Å². The van der Waals surface area contributed by atoms with Crippen molar-refractivity contribution in [1.29, 1.82) is 0 Å². The summed E-state index contributed by atoms with van der Waals surface area (Å²) in [5, 5.41) is 5.38. The molecular weight excluding hydrogens is 270 g/mol. The Morgan fingerprint density at radius 3 is 2.38 bits per heavy atom. The van der Waals surface area contributed by atoms with E-state index in [4.69, 9.17) is 10.5 Å². The molecule has 0 bridgehead atoms. The molecule has 6 heteroatoms. The zero-order valence-corrected chi connectivity index (χ0v) is 12.4. The van der Waals surface area contributed by atoms with Crippen molar-refractivity contribution < 1.29 is 14.3 Å². The summed E-state index contributed by atoms with van der Waals surface area (Å²) in [6.45, 7) is 3.36. The summed E-state index contributed by atoms with van der Waals surface area (Å²) in [5.74, 6) is 0.305. The largest absolute Gasteiger partial charge is 0.484 e. The Balaban J connectivity index is 2.17. The summed E-state index contributed by atoms with van der Waals surface area (Å²) < 4.78 is 5.34. The molecule has 0 saturated heterocycles. The SMILES string of the molecule is CCCNC(=O)CCNC(=O)COc1ccc(CN)cc1. The number of carbonyl (C=O) groups is 2. The third-order valence-electron chi connectivity index (χ3n) is 2.78. The summed E-state index contributed by atoms with van der Waals surface area (Å²) in [4.78, 5) is 22.9. The van der Waals surface area contributed by atoms with Gasteiger partial charge < -0.3 is 21.1 Å². The van der Waals surface area contributed by atoms with Crippen molar-refractivity contribution in [3.8, 4) is 5.75 Å². The number of rotatable bonds is 9. The topological polar surface area (TPSA) is 93.5 Å². The molecule has 6 nitrogen and oxygen atoms in total. The van der Waals surface area contributed by atoms with Crippen LogP contribution in [0.5, 0.6) is 5.75 Å². The van der Waals surface area contributed by atoms with Gasteiger partial charge in [-0.1, -0.05) is 19.1 Å². The van der Waals surface area contributed by atoms with Gasteiger partial charge in [0, 0.05) is 26.1 Å². The normalized spacial score (nSPS) is 10.0.